The highest BCUT2D eigenvalue weighted by Crippen LogP contribution is 2.22. The molecule has 0 saturated carbocycles. The average molecular weight is 276 g/mol. The third kappa shape index (κ3) is 4.23. The van der Waals surface area contributed by atoms with Gasteiger partial charge in [-0.2, -0.15) is 0 Å². The molecule has 0 radical (unpaired) electrons. The number of nitrogens with one attached hydrogen (secondary N) is 2. The molecule has 110 valence electrons. The molecule has 1 aliphatic heterocycles. The molecular weight excluding hydrogens is 252 g/mol. The molecule has 2 rings (SSSR count). The molecule has 1 aliphatic rings. The Labute approximate surface area is 120 Å². The fourth-order valence-corrected chi connectivity index (χ4v) is 2.48. The molecule has 1 atom stereocenters. The van der Waals surface area contributed by atoms with Crippen LogP contribution in [0.15, 0.2) is 18.2 Å². The largest absolute Gasteiger partial charge is 0.491 e. The summed E-state index contributed by atoms with van der Waals surface area (Å²) in [6, 6.07) is 6.10. The standard InChI is InChI=1S/C16H24N2O2/c1-11(2)20-14-6-7-15(12(3)9-14)18-16(19)10-13-5-4-8-17-13/h6-7,9,11,13,17H,4-5,8,10H2,1-3H3,(H,18,19). The van der Waals surface area contributed by atoms with Crippen molar-refractivity contribution >= 4 is 11.6 Å². The van der Waals surface area contributed by atoms with Crippen LogP contribution in [0, 0.1) is 6.92 Å². The van der Waals surface area contributed by atoms with Crippen LogP contribution in [-0.4, -0.2) is 24.6 Å². The van der Waals surface area contributed by atoms with Crippen molar-refractivity contribution in [1.29, 1.82) is 0 Å². The molecule has 0 aromatic heterocycles. The fraction of sp³-hybridized carbons (Fsp3) is 0.562. The van der Waals surface area contributed by atoms with Crippen molar-refractivity contribution in [1.82, 2.24) is 5.32 Å². The zero-order valence-electron chi connectivity index (χ0n) is 12.5. The maximum Gasteiger partial charge on any atom is 0.225 e. The second-order valence-electron chi connectivity index (χ2n) is 5.69. The summed E-state index contributed by atoms with van der Waals surface area (Å²) in [6.45, 7) is 7.01. The van der Waals surface area contributed by atoms with E-state index in [0.29, 0.717) is 12.5 Å². The number of ether oxygens (including phenoxy) is 1. The monoisotopic (exact) mass is 276 g/mol. The summed E-state index contributed by atoms with van der Waals surface area (Å²) >= 11 is 0. The molecule has 4 heteroatoms. The van der Waals surface area contributed by atoms with Crippen molar-refractivity contribution in [3.05, 3.63) is 23.8 Å². The molecule has 1 heterocycles. The lowest BCUT2D eigenvalue weighted by molar-refractivity contribution is -0.116. The summed E-state index contributed by atoms with van der Waals surface area (Å²) in [5.74, 6) is 0.915. The Kier molecular flexibility index (Phi) is 5.01. The second-order valence-corrected chi connectivity index (χ2v) is 5.69. The first kappa shape index (κ1) is 14.9. The van der Waals surface area contributed by atoms with Crippen LogP contribution in [0.1, 0.15) is 38.7 Å². The number of carbonyl (C=O) groups excluding carboxylic acids is 1. The van der Waals surface area contributed by atoms with Crippen molar-refractivity contribution in [2.75, 3.05) is 11.9 Å². The molecule has 20 heavy (non-hydrogen) atoms. The summed E-state index contributed by atoms with van der Waals surface area (Å²) < 4.78 is 5.64. The molecule has 1 aromatic rings. The van der Waals surface area contributed by atoms with Gasteiger partial charge in [-0.05, 0) is 63.9 Å². The van der Waals surface area contributed by atoms with Crippen molar-refractivity contribution in [3.63, 3.8) is 0 Å². The van der Waals surface area contributed by atoms with Gasteiger partial charge in [0.1, 0.15) is 5.75 Å². The molecular formula is C16H24N2O2. The number of benzene rings is 1. The quantitative estimate of drug-likeness (QED) is 0.869. The maximum atomic E-state index is 12.0. The fourth-order valence-electron chi connectivity index (χ4n) is 2.48. The van der Waals surface area contributed by atoms with E-state index in [1.807, 2.05) is 39.0 Å². The van der Waals surface area contributed by atoms with Gasteiger partial charge >= 0.3 is 0 Å². The van der Waals surface area contributed by atoms with E-state index in [0.717, 1.165) is 36.4 Å². The van der Waals surface area contributed by atoms with E-state index in [4.69, 9.17) is 4.74 Å². The van der Waals surface area contributed by atoms with Gasteiger partial charge < -0.3 is 15.4 Å². The number of hydrogen-bond acceptors (Lipinski definition) is 3. The van der Waals surface area contributed by atoms with E-state index in [1.54, 1.807) is 0 Å². The molecule has 1 amide bonds. The minimum absolute atomic E-state index is 0.0741. The molecule has 0 spiro atoms. The SMILES string of the molecule is Cc1cc(OC(C)C)ccc1NC(=O)CC1CCCN1. The predicted molar refractivity (Wildman–Crippen MR) is 81.2 cm³/mol. The van der Waals surface area contributed by atoms with E-state index in [2.05, 4.69) is 10.6 Å². The highest BCUT2D eigenvalue weighted by atomic mass is 16.5. The topological polar surface area (TPSA) is 50.4 Å². The average Bonchev–Trinajstić information content (AvgIpc) is 2.84. The predicted octanol–water partition coefficient (Wildman–Crippen LogP) is 2.86. The lowest BCUT2D eigenvalue weighted by Gasteiger charge is -2.14. The van der Waals surface area contributed by atoms with E-state index >= 15 is 0 Å². The Bertz CT molecular complexity index is 466. The Morgan fingerprint density at radius 3 is 2.90 bits per heavy atom. The van der Waals surface area contributed by atoms with Gasteiger partial charge in [-0.1, -0.05) is 0 Å². The van der Waals surface area contributed by atoms with Crippen LogP contribution >= 0.6 is 0 Å². The van der Waals surface area contributed by atoms with Gasteiger partial charge in [0, 0.05) is 18.2 Å². The first-order valence-corrected chi connectivity index (χ1v) is 7.35. The van der Waals surface area contributed by atoms with Gasteiger partial charge in [0.25, 0.3) is 0 Å². The lowest BCUT2D eigenvalue weighted by Crippen LogP contribution is -2.27. The molecule has 1 aromatic carbocycles. The number of carbonyl (C=O) groups is 1. The van der Waals surface area contributed by atoms with Gasteiger partial charge in [0.15, 0.2) is 0 Å². The summed E-state index contributed by atoms with van der Waals surface area (Å²) in [5.41, 5.74) is 1.89. The smallest absolute Gasteiger partial charge is 0.225 e. The molecule has 0 bridgehead atoms. The van der Waals surface area contributed by atoms with Crippen LogP contribution in [0.4, 0.5) is 5.69 Å². The Morgan fingerprint density at radius 2 is 2.30 bits per heavy atom. The number of amides is 1. The van der Waals surface area contributed by atoms with Gasteiger partial charge in [-0.15, -0.1) is 0 Å². The molecule has 2 N–H and O–H groups in total. The van der Waals surface area contributed by atoms with Crippen LogP contribution in [0.25, 0.3) is 0 Å². The van der Waals surface area contributed by atoms with Crippen molar-refractivity contribution in [2.24, 2.45) is 0 Å². The lowest BCUT2D eigenvalue weighted by atomic mass is 10.1. The summed E-state index contributed by atoms with van der Waals surface area (Å²) in [7, 11) is 0. The zero-order chi connectivity index (χ0) is 14.5. The van der Waals surface area contributed by atoms with E-state index in [1.165, 1.54) is 0 Å². The van der Waals surface area contributed by atoms with Crippen LogP contribution in [0.5, 0.6) is 5.75 Å². The Balaban J connectivity index is 1.93. The minimum Gasteiger partial charge on any atom is -0.491 e. The van der Waals surface area contributed by atoms with Gasteiger partial charge in [-0.3, -0.25) is 4.79 Å². The highest BCUT2D eigenvalue weighted by molar-refractivity contribution is 5.92. The third-order valence-corrected chi connectivity index (χ3v) is 3.44. The van der Waals surface area contributed by atoms with Crippen molar-refractivity contribution in [2.45, 2.75) is 52.2 Å². The maximum absolute atomic E-state index is 12.0. The van der Waals surface area contributed by atoms with E-state index < -0.39 is 0 Å². The minimum atomic E-state index is 0.0741. The zero-order valence-corrected chi connectivity index (χ0v) is 12.5. The summed E-state index contributed by atoms with van der Waals surface area (Å²) in [6.07, 6.45) is 2.96. The number of rotatable bonds is 5. The number of aryl methyl sites for hydroxylation is 1. The van der Waals surface area contributed by atoms with Gasteiger partial charge in [-0.25, -0.2) is 0 Å². The first-order chi connectivity index (χ1) is 9.54. The van der Waals surface area contributed by atoms with Crippen LogP contribution in [0.3, 0.4) is 0 Å². The highest BCUT2D eigenvalue weighted by Gasteiger charge is 2.18. The molecule has 1 saturated heterocycles. The van der Waals surface area contributed by atoms with Crippen LogP contribution in [-0.2, 0) is 4.79 Å². The summed E-state index contributed by atoms with van der Waals surface area (Å²) in [5, 5.41) is 6.32. The molecule has 0 aliphatic carbocycles. The molecule has 1 fully saturated rings. The normalized spacial score (nSPS) is 18.3. The van der Waals surface area contributed by atoms with E-state index in [-0.39, 0.29) is 12.0 Å². The van der Waals surface area contributed by atoms with Crippen LogP contribution in [0.2, 0.25) is 0 Å². The Hall–Kier alpha value is -1.55. The van der Waals surface area contributed by atoms with Crippen molar-refractivity contribution < 1.29 is 9.53 Å². The van der Waals surface area contributed by atoms with Crippen LogP contribution < -0.4 is 15.4 Å². The first-order valence-electron chi connectivity index (χ1n) is 7.35. The number of anilines is 1. The van der Waals surface area contributed by atoms with Gasteiger partial charge in [0.05, 0.1) is 6.10 Å². The molecule has 4 nitrogen and oxygen atoms in total. The van der Waals surface area contributed by atoms with E-state index in [9.17, 15) is 4.79 Å². The van der Waals surface area contributed by atoms with Gasteiger partial charge in [0.2, 0.25) is 5.91 Å². The third-order valence-electron chi connectivity index (χ3n) is 3.44. The Morgan fingerprint density at radius 1 is 1.50 bits per heavy atom. The second kappa shape index (κ2) is 6.75. The molecule has 1 unspecified atom stereocenters. The van der Waals surface area contributed by atoms with Crippen molar-refractivity contribution in [3.8, 4) is 5.75 Å². The number of hydrogen-bond donors (Lipinski definition) is 2. The summed E-state index contributed by atoms with van der Waals surface area (Å²) in [4.78, 5) is 12.0.